The second-order valence-corrected chi connectivity index (χ2v) is 11.7. The van der Waals surface area contributed by atoms with Gasteiger partial charge in [0.25, 0.3) is 0 Å². The standard InChI is InChI=1S/C30H28Cl3N3O3/c1-39-28(37)13-18-15-35(19-9-10-19)16-23(18)17-11-21(20-5-2-3-6-24(20)31)22-14-34-30(38)36(27(22)12-17)29-25(32)7-4-8-26(29)33/h2-8,11-12,18-19,23H,9-10,13-16H2,1H3,(H,34,38). The quantitative estimate of drug-likeness (QED) is 0.306. The fourth-order valence-corrected chi connectivity index (χ4v) is 6.80. The number of ether oxygens (including phenoxy) is 1. The Labute approximate surface area is 242 Å². The predicted molar refractivity (Wildman–Crippen MR) is 155 cm³/mol. The Morgan fingerprint density at radius 1 is 0.974 bits per heavy atom. The van der Waals surface area contributed by atoms with Crippen LogP contribution in [-0.4, -0.2) is 43.1 Å². The smallest absolute Gasteiger partial charge is 0.326 e. The average molecular weight is 585 g/mol. The van der Waals surface area contributed by atoms with Crippen LogP contribution in [0.3, 0.4) is 0 Å². The van der Waals surface area contributed by atoms with Gasteiger partial charge in [-0.1, -0.05) is 65.1 Å². The van der Waals surface area contributed by atoms with Crippen molar-refractivity contribution >= 4 is 58.2 Å². The fraction of sp³-hybridized carbons (Fsp3) is 0.333. The number of hydrogen-bond donors (Lipinski definition) is 1. The Morgan fingerprint density at radius 3 is 2.38 bits per heavy atom. The molecule has 3 aromatic carbocycles. The van der Waals surface area contributed by atoms with Crippen LogP contribution in [0.5, 0.6) is 0 Å². The number of carbonyl (C=O) groups excluding carboxylic acids is 2. The van der Waals surface area contributed by atoms with Crippen LogP contribution in [0.25, 0.3) is 11.1 Å². The van der Waals surface area contributed by atoms with Gasteiger partial charge in [0.1, 0.15) is 0 Å². The lowest BCUT2D eigenvalue weighted by molar-refractivity contribution is -0.141. The molecular formula is C30H28Cl3N3O3. The fourth-order valence-electron chi connectivity index (χ4n) is 6.00. The van der Waals surface area contributed by atoms with Gasteiger partial charge in [0.05, 0.1) is 35.0 Å². The van der Waals surface area contributed by atoms with Crippen LogP contribution in [0.4, 0.5) is 16.2 Å². The van der Waals surface area contributed by atoms with Crippen molar-refractivity contribution in [1.82, 2.24) is 10.2 Å². The Hall–Kier alpha value is -2.77. The number of methoxy groups -OCH3 is 1. The van der Waals surface area contributed by atoms with Gasteiger partial charge in [-0.3, -0.25) is 14.6 Å². The molecule has 0 aromatic heterocycles. The summed E-state index contributed by atoms with van der Waals surface area (Å²) in [5, 5.41) is 4.36. The van der Waals surface area contributed by atoms with E-state index >= 15 is 0 Å². The Balaban J connectivity index is 1.55. The normalized spacial score (nSPS) is 21.0. The number of amides is 2. The Bertz CT molecular complexity index is 1440. The molecule has 2 atom stereocenters. The van der Waals surface area contributed by atoms with E-state index in [1.807, 2.05) is 24.3 Å². The molecule has 2 amide bonds. The van der Waals surface area contributed by atoms with E-state index in [2.05, 4.69) is 22.3 Å². The summed E-state index contributed by atoms with van der Waals surface area (Å²) in [6.07, 6.45) is 2.71. The highest BCUT2D eigenvalue weighted by molar-refractivity contribution is 6.40. The lowest BCUT2D eigenvalue weighted by Crippen LogP contribution is -2.42. The van der Waals surface area contributed by atoms with Crippen LogP contribution >= 0.6 is 34.8 Å². The van der Waals surface area contributed by atoms with Crippen molar-refractivity contribution in [3.63, 3.8) is 0 Å². The third-order valence-corrected chi connectivity index (χ3v) is 8.99. The minimum absolute atomic E-state index is 0.0739. The minimum atomic E-state index is -0.308. The maximum atomic E-state index is 13.4. The summed E-state index contributed by atoms with van der Waals surface area (Å²) in [5.41, 5.74) is 4.91. The van der Waals surface area contributed by atoms with Gasteiger partial charge in [-0.15, -0.1) is 0 Å². The Morgan fingerprint density at radius 2 is 1.69 bits per heavy atom. The van der Waals surface area contributed by atoms with Gasteiger partial charge >= 0.3 is 12.0 Å². The van der Waals surface area contributed by atoms with E-state index in [0.717, 1.165) is 35.3 Å². The summed E-state index contributed by atoms with van der Waals surface area (Å²) in [6, 6.07) is 17.4. The zero-order valence-corrected chi connectivity index (χ0v) is 23.7. The summed E-state index contributed by atoms with van der Waals surface area (Å²) in [4.78, 5) is 29.9. The number of carbonyl (C=O) groups is 2. The van der Waals surface area contributed by atoms with Crippen LogP contribution < -0.4 is 10.2 Å². The largest absolute Gasteiger partial charge is 0.469 e. The summed E-state index contributed by atoms with van der Waals surface area (Å²) in [7, 11) is 1.43. The lowest BCUT2D eigenvalue weighted by Gasteiger charge is -2.34. The highest BCUT2D eigenvalue weighted by atomic mass is 35.5. The van der Waals surface area contributed by atoms with Crippen LogP contribution in [-0.2, 0) is 16.1 Å². The average Bonchev–Trinajstić information content (AvgIpc) is 3.69. The van der Waals surface area contributed by atoms with Crippen molar-refractivity contribution in [2.45, 2.75) is 37.8 Å². The molecule has 0 spiro atoms. The van der Waals surface area contributed by atoms with E-state index in [-0.39, 0.29) is 23.8 Å². The van der Waals surface area contributed by atoms with Crippen LogP contribution in [0.15, 0.2) is 54.6 Å². The van der Waals surface area contributed by atoms with Crippen molar-refractivity contribution in [3.05, 3.63) is 80.8 Å². The van der Waals surface area contributed by atoms with Crippen molar-refractivity contribution in [2.75, 3.05) is 25.1 Å². The van der Waals surface area contributed by atoms with Gasteiger partial charge in [-0.05, 0) is 54.2 Å². The number of anilines is 2. The molecule has 3 aromatic rings. The summed E-state index contributed by atoms with van der Waals surface area (Å²) >= 11 is 20.0. The molecule has 9 heteroatoms. The summed E-state index contributed by atoms with van der Waals surface area (Å²) in [6.45, 7) is 2.01. The van der Waals surface area contributed by atoms with Crippen molar-refractivity contribution < 1.29 is 14.3 Å². The highest BCUT2D eigenvalue weighted by Gasteiger charge is 2.42. The first-order chi connectivity index (χ1) is 18.9. The molecule has 3 aliphatic rings. The van der Waals surface area contributed by atoms with Gasteiger partial charge < -0.3 is 10.1 Å². The molecule has 202 valence electrons. The van der Waals surface area contributed by atoms with E-state index in [1.54, 1.807) is 23.1 Å². The number of urea groups is 1. The van der Waals surface area contributed by atoms with E-state index in [9.17, 15) is 9.59 Å². The molecule has 2 unspecified atom stereocenters. The van der Waals surface area contributed by atoms with Crippen LogP contribution in [0, 0.1) is 5.92 Å². The van der Waals surface area contributed by atoms with Crippen molar-refractivity contribution in [2.24, 2.45) is 5.92 Å². The molecule has 2 aliphatic heterocycles. The summed E-state index contributed by atoms with van der Waals surface area (Å²) < 4.78 is 5.06. The number of likely N-dealkylation sites (tertiary alicyclic amines) is 1. The highest BCUT2D eigenvalue weighted by Crippen LogP contribution is 2.48. The SMILES string of the molecule is COC(=O)CC1CN(C2CC2)CC1c1cc(-c2ccccc2Cl)c2c(c1)N(c1c(Cl)cccc1Cl)C(=O)NC2. The molecule has 6 rings (SSSR count). The number of nitrogens with one attached hydrogen (secondary N) is 1. The molecule has 2 fully saturated rings. The minimum Gasteiger partial charge on any atom is -0.469 e. The van der Waals surface area contributed by atoms with E-state index in [4.69, 9.17) is 39.5 Å². The predicted octanol–water partition coefficient (Wildman–Crippen LogP) is 7.42. The van der Waals surface area contributed by atoms with E-state index < -0.39 is 0 Å². The van der Waals surface area contributed by atoms with E-state index in [0.29, 0.717) is 45.5 Å². The molecule has 1 aliphatic carbocycles. The number of hydrogen-bond acceptors (Lipinski definition) is 4. The second-order valence-electron chi connectivity index (χ2n) is 10.4. The maximum absolute atomic E-state index is 13.4. The number of halogens is 3. The topological polar surface area (TPSA) is 61.9 Å². The molecule has 39 heavy (non-hydrogen) atoms. The number of rotatable bonds is 6. The molecule has 1 saturated carbocycles. The van der Waals surface area contributed by atoms with Gasteiger partial charge in [0, 0.05) is 47.7 Å². The van der Waals surface area contributed by atoms with Crippen LogP contribution in [0.1, 0.15) is 36.3 Å². The number of esters is 1. The molecule has 1 saturated heterocycles. The van der Waals surface area contributed by atoms with Crippen molar-refractivity contribution in [3.8, 4) is 11.1 Å². The zero-order chi connectivity index (χ0) is 27.3. The number of benzene rings is 3. The number of nitrogens with zero attached hydrogens (tertiary/aromatic N) is 2. The maximum Gasteiger partial charge on any atom is 0.326 e. The Kier molecular flexibility index (Phi) is 7.23. The van der Waals surface area contributed by atoms with Gasteiger partial charge in [0.15, 0.2) is 0 Å². The molecule has 6 nitrogen and oxygen atoms in total. The first-order valence-corrected chi connectivity index (χ1v) is 14.2. The molecule has 0 bridgehead atoms. The van der Waals surface area contributed by atoms with E-state index in [1.165, 1.54) is 20.0 Å². The zero-order valence-electron chi connectivity index (χ0n) is 21.4. The molecule has 2 heterocycles. The lowest BCUT2D eigenvalue weighted by atomic mass is 9.83. The van der Waals surface area contributed by atoms with Gasteiger partial charge in [-0.2, -0.15) is 0 Å². The molecular weight excluding hydrogens is 557 g/mol. The molecule has 0 radical (unpaired) electrons. The first-order valence-electron chi connectivity index (χ1n) is 13.1. The molecule has 1 N–H and O–H groups in total. The number of para-hydroxylation sites is 1. The third-order valence-electron chi connectivity index (χ3n) is 8.05. The summed E-state index contributed by atoms with van der Waals surface area (Å²) in [5.74, 6) is -0.0504. The number of fused-ring (bicyclic) bond motifs is 1. The van der Waals surface area contributed by atoms with Gasteiger partial charge in [-0.25, -0.2) is 4.79 Å². The first kappa shape index (κ1) is 26.5. The third kappa shape index (κ3) is 5.00. The van der Waals surface area contributed by atoms with Crippen molar-refractivity contribution in [1.29, 1.82) is 0 Å². The van der Waals surface area contributed by atoms with Gasteiger partial charge in [0.2, 0.25) is 0 Å². The monoisotopic (exact) mass is 583 g/mol. The second kappa shape index (κ2) is 10.7. The van der Waals surface area contributed by atoms with Crippen LogP contribution in [0.2, 0.25) is 15.1 Å².